The molecule has 2 N–H and O–H groups in total. The highest BCUT2D eigenvalue weighted by atomic mass is 35.5. The quantitative estimate of drug-likeness (QED) is 0.484. The van der Waals surface area contributed by atoms with Gasteiger partial charge in [0.2, 0.25) is 5.95 Å². The molecule has 9 nitrogen and oxygen atoms in total. The summed E-state index contributed by atoms with van der Waals surface area (Å²) in [6, 6.07) is 8.28. The summed E-state index contributed by atoms with van der Waals surface area (Å²) in [5.41, 5.74) is 0.888. The molecular formula is C24H29ClFN5O4. The van der Waals surface area contributed by atoms with E-state index in [1.54, 1.807) is 25.3 Å². The van der Waals surface area contributed by atoms with Crippen molar-refractivity contribution in [1.29, 1.82) is 0 Å². The van der Waals surface area contributed by atoms with Gasteiger partial charge in [-0.25, -0.2) is 8.91 Å². The second-order valence-electron chi connectivity index (χ2n) is 9.04. The summed E-state index contributed by atoms with van der Waals surface area (Å²) in [5.74, 6) is 0.332. The van der Waals surface area contributed by atoms with E-state index >= 15 is 0 Å². The number of anilines is 1. The van der Waals surface area contributed by atoms with Crippen LogP contribution in [0.25, 0.3) is 5.65 Å². The Morgan fingerprint density at radius 2 is 2.26 bits per heavy atom. The van der Waals surface area contributed by atoms with Gasteiger partial charge in [0.15, 0.2) is 11.4 Å². The van der Waals surface area contributed by atoms with E-state index in [9.17, 15) is 14.3 Å². The van der Waals surface area contributed by atoms with Crippen molar-refractivity contribution in [1.82, 2.24) is 19.5 Å². The summed E-state index contributed by atoms with van der Waals surface area (Å²) in [5, 5.41) is 18.1. The van der Waals surface area contributed by atoms with Gasteiger partial charge in [0, 0.05) is 24.2 Å². The average molecular weight is 506 g/mol. The maximum Gasteiger partial charge on any atom is 0.256 e. The van der Waals surface area contributed by atoms with Crippen molar-refractivity contribution >= 4 is 29.1 Å². The van der Waals surface area contributed by atoms with Crippen molar-refractivity contribution in [3.63, 3.8) is 0 Å². The molecule has 1 fully saturated rings. The van der Waals surface area contributed by atoms with Crippen LogP contribution >= 0.6 is 11.6 Å². The van der Waals surface area contributed by atoms with Crippen molar-refractivity contribution in [3.05, 3.63) is 52.7 Å². The number of halogens is 2. The van der Waals surface area contributed by atoms with Crippen LogP contribution in [0.1, 0.15) is 36.2 Å². The monoisotopic (exact) mass is 505 g/mol. The molecule has 1 aliphatic heterocycles. The first kappa shape index (κ1) is 25.2. The topological polar surface area (TPSA) is 101 Å². The molecule has 3 aromatic rings. The molecule has 0 saturated carbocycles. The Labute approximate surface area is 207 Å². The molecule has 4 rings (SSSR count). The van der Waals surface area contributed by atoms with E-state index in [0.29, 0.717) is 35.3 Å². The molecule has 1 aliphatic rings. The number of aliphatic hydroxyl groups is 1. The molecule has 11 heteroatoms. The van der Waals surface area contributed by atoms with Crippen molar-refractivity contribution in [2.75, 3.05) is 32.3 Å². The van der Waals surface area contributed by atoms with Crippen LogP contribution in [0.15, 0.2) is 36.5 Å². The number of methoxy groups -OCH3 is 1. The number of amides is 1. The molecule has 3 heterocycles. The minimum atomic E-state index is -0.783. The first-order valence-corrected chi connectivity index (χ1v) is 11.7. The summed E-state index contributed by atoms with van der Waals surface area (Å²) in [7, 11) is 1.48. The molecular weight excluding hydrogens is 477 g/mol. The lowest BCUT2D eigenvalue weighted by atomic mass is 9.94. The van der Waals surface area contributed by atoms with E-state index < -0.39 is 24.4 Å². The minimum absolute atomic E-state index is 0.0474. The zero-order valence-corrected chi connectivity index (χ0v) is 20.6. The Morgan fingerprint density at radius 1 is 1.46 bits per heavy atom. The van der Waals surface area contributed by atoms with E-state index in [-0.39, 0.29) is 24.6 Å². The Bertz CT molecular complexity index is 1210. The maximum absolute atomic E-state index is 13.8. The van der Waals surface area contributed by atoms with Crippen LogP contribution < -0.4 is 10.1 Å². The smallest absolute Gasteiger partial charge is 0.256 e. The third-order valence-electron chi connectivity index (χ3n) is 5.94. The maximum atomic E-state index is 13.8. The summed E-state index contributed by atoms with van der Waals surface area (Å²) in [6.45, 7) is 3.38. The van der Waals surface area contributed by atoms with Crippen LogP contribution in [-0.2, 0) is 11.3 Å². The first-order valence-electron chi connectivity index (χ1n) is 11.3. The number of aliphatic hydroxyl groups excluding tert-OH is 1. The molecule has 1 aromatic carbocycles. The normalized spacial score (nSPS) is 21.2. The van der Waals surface area contributed by atoms with Crippen molar-refractivity contribution in [3.8, 4) is 5.75 Å². The summed E-state index contributed by atoms with van der Waals surface area (Å²) in [6.07, 6.45) is 1.25. The summed E-state index contributed by atoms with van der Waals surface area (Å²) < 4.78 is 26.5. The highest BCUT2D eigenvalue weighted by Gasteiger charge is 2.40. The number of benzene rings is 1. The van der Waals surface area contributed by atoms with Crippen molar-refractivity contribution in [2.45, 2.75) is 44.6 Å². The molecule has 0 spiro atoms. The van der Waals surface area contributed by atoms with E-state index in [0.717, 1.165) is 5.56 Å². The number of ether oxygens (including phenoxy) is 2. The van der Waals surface area contributed by atoms with Gasteiger partial charge in [-0.1, -0.05) is 23.7 Å². The number of hydrogen-bond donors (Lipinski definition) is 2. The van der Waals surface area contributed by atoms with Gasteiger partial charge in [0.1, 0.15) is 6.67 Å². The predicted octanol–water partition coefficient (Wildman–Crippen LogP) is 3.34. The van der Waals surface area contributed by atoms with Gasteiger partial charge >= 0.3 is 0 Å². The Hall–Kier alpha value is -2.95. The number of alkyl halides is 1. The number of hydrogen-bond acceptors (Lipinski definition) is 7. The number of nitrogens with one attached hydrogen (secondary N) is 1. The minimum Gasteiger partial charge on any atom is -0.493 e. The second kappa shape index (κ2) is 10.3. The molecule has 35 heavy (non-hydrogen) atoms. The number of morpholine rings is 1. The first-order chi connectivity index (χ1) is 16.7. The van der Waals surface area contributed by atoms with Crippen LogP contribution in [0.4, 0.5) is 10.3 Å². The molecule has 0 aliphatic carbocycles. The zero-order chi connectivity index (χ0) is 25.2. The van der Waals surface area contributed by atoms with Gasteiger partial charge in [-0.2, -0.15) is 4.98 Å². The second-order valence-corrected chi connectivity index (χ2v) is 9.48. The molecule has 2 aromatic heterocycles. The molecule has 1 amide bonds. The van der Waals surface area contributed by atoms with Crippen LogP contribution in [0.3, 0.4) is 0 Å². The van der Waals surface area contributed by atoms with Gasteiger partial charge in [-0.15, -0.1) is 5.10 Å². The molecule has 188 valence electrons. The fraction of sp³-hybridized carbons (Fsp3) is 0.458. The van der Waals surface area contributed by atoms with Gasteiger partial charge in [0.05, 0.1) is 43.6 Å². The average Bonchev–Trinajstić information content (AvgIpc) is 3.24. The van der Waals surface area contributed by atoms with Gasteiger partial charge in [-0.05, 0) is 37.6 Å². The summed E-state index contributed by atoms with van der Waals surface area (Å²) >= 11 is 6.05. The van der Waals surface area contributed by atoms with E-state index in [2.05, 4.69) is 15.4 Å². The van der Waals surface area contributed by atoms with Gasteiger partial charge < -0.3 is 24.8 Å². The highest BCUT2D eigenvalue weighted by molar-refractivity contribution is 6.30. The molecule has 0 bridgehead atoms. The Balaban J connectivity index is 1.59. The Morgan fingerprint density at radius 3 is 2.94 bits per heavy atom. The zero-order valence-electron chi connectivity index (χ0n) is 19.9. The fourth-order valence-corrected chi connectivity index (χ4v) is 4.54. The van der Waals surface area contributed by atoms with Crippen molar-refractivity contribution < 1.29 is 23.8 Å². The number of carbonyl (C=O) groups excluding carboxylic acids is 1. The highest BCUT2D eigenvalue weighted by Crippen LogP contribution is 2.29. The Kier molecular flexibility index (Phi) is 7.44. The lowest BCUT2D eigenvalue weighted by molar-refractivity contribution is -0.130. The third-order valence-corrected chi connectivity index (χ3v) is 6.18. The molecule has 3 atom stereocenters. The van der Waals surface area contributed by atoms with Crippen LogP contribution in [0.2, 0.25) is 5.02 Å². The number of rotatable bonds is 8. The standard InChI is InChI=1S/C24H29ClFN5O4/c1-15(32)9-24(2)14-30(19(10-26)13-35-24)22(33)17-8-20(34-3)21-28-23(29-31(21)12-17)27-11-16-5-4-6-18(25)7-16/h4-8,12,15,19,32H,9-11,13-14H2,1-3H3,(H,27,29). The van der Waals surface area contributed by atoms with E-state index in [1.807, 2.05) is 25.1 Å². The third kappa shape index (κ3) is 5.66. The van der Waals surface area contributed by atoms with Crippen LogP contribution in [-0.4, -0.2) is 75.2 Å². The SMILES string of the molecule is COc1cc(C(=O)N2CC(C)(CC(C)O)OCC2CF)cn2nc(NCc3cccc(Cl)c3)nc12. The van der Waals surface area contributed by atoms with E-state index in [1.165, 1.54) is 16.5 Å². The van der Waals surface area contributed by atoms with Crippen LogP contribution in [0.5, 0.6) is 5.75 Å². The molecule has 1 saturated heterocycles. The number of aromatic nitrogens is 3. The van der Waals surface area contributed by atoms with Crippen LogP contribution in [0, 0.1) is 0 Å². The largest absolute Gasteiger partial charge is 0.493 e. The number of fused-ring (bicyclic) bond motifs is 1. The summed E-state index contributed by atoms with van der Waals surface area (Å²) in [4.78, 5) is 19.4. The van der Waals surface area contributed by atoms with Gasteiger partial charge in [-0.3, -0.25) is 4.79 Å². The fourth-order valence-electron chi connectivity index (χ4n) is 4.33. The predicted molar refractivity (Wildman–Crippen MR) is 130 cm³/mol. The van der Waals surface area contributed by atoms with Crippen molar-refractivity contribution in [2.24, 2.45) is 0 Å². The molecule has 3 unspecified atom stereocenters. The van der Waals surface area contributed by atoms with E-state index in [4.69, 9.17) is 21.1 Å². The van der Waals surface area contributed by atoms with Gasteiger partial charge in [0.25, 0.3) is 5.91 Å². The number of pyridine rings is 1. The lowest BCUT2D eigenvalue weighted by Crippen LogP contribution is -2.58. The lowest BCUT2D eigenvalue weighted by Gasteiger charge is -2.45. The number of nitrogens with zero attached hydrogens (tertiary/aromatic N) is 4. The molecule has 0 radical (unpaired) electrons. The number of carbonyl (C=O) groups is 1.